The van der Waals surface area contributed by atoms with Crippen LogP contribution in [0, 0.1) is 5.92 Å². The average Bonchev–Trinajstić information content (AvgIpc) is 2.78. The van der Waals surface area contributed by atoms with E-state index < -0.39 is 12.0 Å². The third-order valence-corrected chi connectivity index (χ3v) is 6.80. The van der Waals surface area contributed by atoms with Crippen molar-refractivity contribution in [3.8, 4) is 0 Å². The van der Waals surface area contributed by atoms with Crippen LogP contribution >= 0.6 is 15.9 Å². The van der Waals surface area contributed by atoms with E-state index in [-0.39, 0.29) is 18.4 Å². The first-order valence-corrected chi connectivity index (χ1v) is 11.5. The molecule has 2 aromatic rings. The second-order valence-corrected chi connectivity index (χ2v) is 9.10. The van der Waals surface area contributed by atoms with Crippen LogP contribution in [-0.2, 0) is 9.53 Å². The molecule has 0 bridgehead atoms. The summed E-state index contributed by atoms with van der Waals surface area (Å²) in [6.07, 6.45) is 6.33. The molecule has 5 nitrogen and oxygen atoms in total. The summed E-state index contributed by atoms with van der Waals surface area (Å²) in [7, 11) is 1.36. The predicted octanol–water partition coefficient (Wildman–Crippen LogP) is 4.94. The number of fused-ring (bicyclic) bond motifs is 1. The molecule has 0 spiro atoms. The normalized spacial score (nSPS) is 16.8. The third kappa shape index (κ3) is 5.03. The molecule has 1 unspecified atom stereocenters. The number of methoxy groups -OCH3 is 1. The summed E-state index contributed by atoms with van der Waals surface area (Å²) in [5, 5.41) is 14.4. The Hall–Kier alpha value is -1.92. The Kier molecular flexibility index (Phi) is 7.89. The Morgan fingerprint density at radius 2 is 1.87 bits per heavy atom. The van der Waals surface area contributed by atoms with E-state index in [0.29, 0.717) is 17.9 Å². The van der Waals surface area contributed by atoms with Crippen LogP contribution in [0.15, 0.2) is 34.8 Å². The number of esters is 1. The summed E-state index contributed by atoms with van der Waals surface area (Å²) in [6.45, 7) is 1.81. The molecular weight excluding hydrogens is 446 g/mol. The molecule has 3 rings (SSSR count). The molecule has 1 amide bonds. The van der Waals surface area contributed by atoms with Gasteiger partial charge in [-0.3, -0.25) is 4.79 Å². The zero-order valence-electron chi connectivity index (χ0n) is 17.6. The molecule has 1 aliphatic carbocycles. The number of carbonyl (C=O) groups is 2. The van der Waals surface area contributed by atoms with Crippen molar-refractivity contribution in [2.45, 2.75) is 57.4 Å². The lowest BCUT2D eigenvalue weighted by molar-refractivity contribution is -0.143. The fourth-order valence-electron chi connectivity index (χ4n) is 4.43. The zero-order chi connectivity index (χ0) is 21.7. The first-order chi connectivity index (χ1) is 14.5. The molecule has 1 aliphatic rings. The molecule has 0 heterocycles. The van der Waals surface area contributed by atoms with Crippen molar-refractivity contribution in [3.05, 3.63) is 45.9 Å². The molecule has 1 saturated carbocycles. The van der Waals surface area contributed by atoms with Gasteiger partial charge in [0, 0.05) is 17.0 Å². The molecule has 0 saturated heterocycles. The maximum absolute atomic E-state index is 13.5. The number of amides is 1. The Bertz CT molecular complexity index is 907. The molecule has 1 fully saturated rings. The van der Waals surface area contributed by atoms with E-state index in [0.717, 1.165) is 33.7 Å². The summed E-state index contributed by atoms with van der Waals surface area (Å²) in [5.41, 5.74) is 1.26. The number of ether oxygens (including phenoxy) is 1. The van der Waals surface area contributed by atoms with Crippen LogP contribution < -0.4 is 5.32 Å². The maximum atomic E-state index is 13.5. The minimum atomic E-state index is -0.676. The second-order valence-electron chi connectivity index (χ2n) is 8.24. The second kappa shape index (κ2) is 10.4. The van der Waals surface area contributed by atoms with E-state index in [4.69, 9.17) is 4.74 Å². The minimum Gasteiger partial charge on any atom is -0.467 e. The largest absolute Gasteiger partial charge is 0.467 e. The standard InChI is InChI=1S/C24H30BrNO4/c1-15(14-27)19-13-20(25)17-10-6-7-11-18(17)22(19)23(28)26-21(24(29)30-2)12-16-8-4-3-5-9-16/h6-7,10-11,13,15-16,21,27H,3-5,8-9,12,14H2,1-2H3,(H,26,28)/t15?,21-/m0/s1. The smallest absolute Gasteiger partial charge is 0.328 e. The number of aliphatic hydroxyl groups excluding tert-OH is 1. The molecule has 2 atom stereocenters. The number of rotatable bonds is 7. The lowest BCUT2D eigenvalue weighted by Gasteiger charge is -2.26. The van der Waals surface area contributed by atoms with Crippen molar-refractivity contribution in [2.75, 3.05) is 13.7 Å². The topological polar surface area (TPSA) is 75.6 Å². The van der Waals surface area contributed by atoms with Gasteiger partial charge in [0.1, 0.15) is 6.04 Å². The Labute approximate surface area is 186 Å². The van der Waals surface area contributed by atoms with Gasteiger partial charge < -0.3 is 15.2 Å². The van der Waals surface area contributed by atoms with Crippen LogP contribution in [-0.4, -0.2) is 36.7 Å². The van der Waals surface area contributed by atoms with Gasteiger partial charge in [-0.05, 0) is 34.7 Å². The molecule has 2 N–H and O–H groups in total. The van der Waals surface area contributed by atoms with Gasteiger partial charge in [0.05, 0.1) is 12.7 Å². The summed E-state index contributed by atoms with van der Waals surface area (Å²) in [5.74, 6) is -0.519. The van der Waals surface area contributed by atoms with Crippen molar-refractivity contribution in [3.63, 3.8) is 0 Å². The Balaban J connectivity index is 1.97. The predicted molar refractivity (Wildman–Crippen MR) is 122 cm³/mol. The maximum Gasteiger partial charge on any atom is 0.328 e. The molecular formula is C24H30BrNO4. The number of hydrogen-bond donors (Lipinski definition) is 2. The van der Waals surface area contributed by atoms with Gasteiger partial charge in [0.15, 0.2) is 0 Å². The highest BCUT2D eigenvalue weighted by Gasteiger charge is 2.29. The fourth-order valence-corrected chi connectivity index (χ4v) is 5.03. The average molecular weight is 476 g/mol. The van der Waals surface area contributed by atoms with E-state index >= 15 is 0 Å². The van der Waals surface area contributed by atoms with Crippen molar-refractivity contribution >= 4 is 38.6 Å². The van der Waals surface area contributed by atoms with Crippen LogP contribution in [0.3, 0.4) is 0 Å². The molecule has 162 valence electrons. The number of halogens is 1. The highest BCUT2D eigenvalue weighted by atomic mass is 79.9. The van der Waals surface area contributed by atoms with Crippen LogP contribution in [0.2, 0.25) is 0 Å². The molecule has 0 aliphatic heterocycles. The highest BCUT2D eigenvalue weighted by Crippen LogP contribution is 2.34. The lowest BCUT2D eigenvalue weighted by Crippen LogP contribution is -2.43. The van der Waals surface area contributed by atoms with Crippen LogP contribution in [0.4, 0.5) is 0 Å². The van der Waals surface area contributed by atoms with Gasteiger partial charge in [-0.1, -0.05) is 79.2 Å². The van der Waals surface area contributed by atoms with E-state index in [1.54, 1.807) is 0 Å². The van der Waals surface area contributed by atoms with Crippen molar-refractivity contribution in [2.24, 2.45) is 5.92 Å². The van der Waals surface area contributed by atoms with Gasteiger partial charge in [-0.25, -0.2) is 4.79 Å². The van der Waals surface area contributed by atoms with Crippen molar-refractivity contribution in [1.29, 1.82) is 0 Å². The van der Waals surface area contributed by atoms with E-state index in [9.17, 15) is 14.7 Å². The number of benzene rings is 2. The van der Waals surface area contributed by atoms with Crippen LogP contribution in [0.25, 0.3) is 10.8 Å². The van der Waals surface area contributed by atoms with Crippen molar-refractivity contribution in [1.82, 2.24) is 5.32 Å². The third-order valence-electron chi connectivity index (χ3n) is 6.14. The minimum absolute atomic E-state index is 0.0758. The van der Waals surface area contributed by atoms with Crippen LogP contribution in [0.5, 0.6) is 0 Å². The van der Waals surface area contributed by atoms with E-state index in [2.05, 4.69) is 21.2 Å². The number of carbonyl (C=O) groups excluding carboxylic acids is 2. The Morgan fingerprint density at radius 3 is 2.50 bits per heavy atom. The molecule has 0 aromatic heterocycles. The first-order valence-electron chi connectivity index (χ1n) is 10.7. The number of nitrogens with one attached hydrogen (secondary N) is 1. The van der Waals surface area contributed by atoms with Gasteiger partial charge in [-0.15, -0.1) is 0 Å². The highest BCUT2D eigenvalue weighted by molar-refractivity contribution is 9.10. The molecule has 6 heteroatoms. The summed E-state index contributed by atoms with van der Waals surface area (Å²) in [6, 6.07) is 8.88. The molecule has 0 radical (unpaired) electrons. The lowest BCUT2D eigenvalue weighted by atomic mass is 9.84. The van der Waals surface area contributed by atoms with Gasteiger partial charge >= 0.3 is 5.97 Å². The van der Waals surface area contributed by atoms with E-state index in [1.807, 2.05) is 37.3 Å². The monoisotopic (exact) mass is 475 g/mol. The number of hydrogen-bond acceptors (Lipinski definition) is 4. The van der Waals surface area contributed by atoms with E-state index in [1.165, 1.54) is 26.4 Å². The molecule has 2 aromatic carbocycles. The fraction of sp³-hybridized carbons (Fsp3) is 0.500. The summed E-state index contributed by atoms with van der Waals surface area (Å²) in [4.78, 5) is 25.9. The van der Waals surface area contributed by atoms with Gasteiger partial charge in [0.2, 0.25) is 0 Å². The zero-order valence-corrected chi connectivity index (χ0v) is 19.2. The van der Waals surface area contributed by atoms with Gasteiger partial charge in [0.25, 0.3) is 5.91 Å². The Morgan fingerprint density at radius 1 is 1.20 bits per heavy atom. The number of aliphatic hydroxyl groups is 1. The van der Waals surface area contributed by atoms with Crippen molar-refractivity contribution < 1.29 is 19.4 Å². The van der Waals surface area contributed by atoms with Gasteiger partial charge in [-0.2, -0.15) is 0 Å². The first kappa shape index (κ1) is 22.8. The van der Waals surface area contributed by atoms with Crippen LogP contribution in [0.1, 0.15) is 67.3 Å². The summed E-state index contributed by atoms with van der Waals surface area (Å²) < 4.78 is 5.87. The SMILES string of the molecule is COC(=O)[C@H](CC1CCCCC1)NC(=O)c1c(C(C)CO)cc(Br)c2ccccc12. The quantitative estimate of drug-likeness (QED) is 0.556. The molecule has 30 heavy (non-hydrogen) atoms. The summed E-state index contributed by atoms with van der Waals surface area (Å²) >= 11 is 3.59.